The van der Waals surface area contributed by atoms with E-state index in [1.807, 2.05) is 0 Å². The van der Waals surface area contributed by atoms with Crippen molar-refractivity contribution in [2.24, 2.45) is 5.73 Å². The van der Waals surface area contributed by atoms with Gasteiger partial charge >= 0.3 is 5.97 Å². The SMILES string of the molecule is COC(=O)c1cc(OC)c(O)c(C(C)(C)N)c1. The summed E-state index contributed by atoms with van der Waals surface area (Å²) in [4.78, 5) is 11.5. The average molecular weight is 239 g/mol. The number of carbonyl (C=O) groups excluding carboxylic acids is 1. The molecule has 1 aromatic carbocycles. The summed E-state index contributed by atoms with van der Waals surface area (Å²) in [7, 11) is 2.69. The van der Waals surface area contributed by atoms with E-state index in [1.54, 1.807) is 13.8 Å². The number of benzene rings is 1. The van der Waals surface area contributed by atoms with Crippen molar-refractivity contribution in [3.05, 3.63) is 23.3 Å². The number of methoxy groups -OCH3 is 2. The molecular weight excluding hydrogens is 222 g/mol. The highest BCUT2D eigenvalue weighted by molar-refractivity contribution is 5.90. The van der Waals surface area contributed by atoms with Crippen LogP contribution in [0.5, 0.6) is 11.5 Å². The van der Waals surface area contributed by atoms with Gasteiger partial charge in [0, 0.05) is 11.1 Å². The fourth-order valence-corrected chi connectivity index (χ4v) is 1.49. The first-order chi connectivity index (χ1) is 7.81. The molecule has 0 fully saturated rings. The Morgan fingerprint density at radius 3 is 2.35 bits per heavy atom. The zero-order valence-electron chi connectivity index (χ0n) is 10.4. The van der Waals surface area contributed by atoms with E-state index in [2.05, 4.69) is 4.74 Å². The zero-order valence-corrected chi connectivity index (χ0v) is 10.4. The van der Waals surface area contributed by atoms with Gasteiger partial charge in [-0.25, -0.2) is 4.79 Å². The highest BCUT2D eigenvalue weighted by Crippen LogP contribution is 2.36. The maximum Gasteiger partial charge on any atom is 0.337 e. The van der Waals surface area contributed by atoms with Crippen molar-refractivity contribution in [3.8, 4) is 11.5 Å². The standard InChI is InChI=1S/C12H17NO4/c1-12(2,13)8-5-7(11(15)17-4)6-9(16-3)10(8)14/h5-6,14H,13H2,1-4H3. The number of ether oxygens (including phenoxy) is 2. The van der Waals surface area contributed by atoms with Gasteiger partial charge < -0.3 is 20.3 Å². The minimum atomic E-state index is -0.790. The normalized spacial score (nSPS) is 11.1. The molecule has 5 heteroatoms. The van der Waals surface area contributed by atoms with Crippen molar-refractivity contribution in [3.63, 3.8) is 0 Å². The summed E-state index contributed by atoms with van der Waals surface area (Å²) in [6, 6.07) is 2.92. The fraction of sp³-hybridized carbons (Fsp3) is 0.417. The number of carbonyl (C=O) groups is 1. The molecule has 0 aliphatic carbocycles. The van der Waals surface area contributed by atoms with Crippen molar-refractivity contribution >= 4 is 5.97 Å². The lowest BCUT2D eigenvalue weighted by Gasteiger charge is -2.22. The first-order valence-electron chi connectivity index (χ1n) is 5.10. The first-order valence-corrected chi connectivity index (χ1v) is 5.10. The summed E-state index contributed by atoms with van der Waals surface area (Å²) < 4.78 is 9.63. The van der Waals surface area contributed by atoms with Crippen LogP contribution >= 0.6 is 0 Å². The Hall–Kier alpha value is -1.75. The van der Waals surface area contributed by atoms with Gasteiger partial charge in [0.1, 0.15) is 0 Å². The van der Waals surface area contributed by atoms with E-state index in [1.165, 1.54) is 26.4 Å². The summed E-state index contributed by atoms with van der Waals surface area (Å²) in [5.41, 5.74) is 5.85. The third-order valence-corrected chi connectivity index (χ3v) is 2.41. The van der Waals surface area contributed by atoms with E-state index in [9.17, 15) is 9.90 Å². The Morgan fingerprint density at radius 2 is 1.94 bits per heavy atom. The molecule has 3 N–H and O–H groups in total. The van der Waals surface area contributed by atoms with Gasteiger partial charge in [0.05, 0.1) is 19.8 Å². The molecule has 0 radical (unpaired) electrons. The molecule has 0 saturated heterocycles. The monoisotopic (exact) mass is 239 g/mol. The Balaban J connectivity index is 3.44. The van der Waals surface area contributed by atoms with Gasteiger partial charge in [-0.05, 0) is 26.0 Å². The van der Waals surface area contributed by atoms with Gasteiger partial charge in [-0.3, -0.25) is 0 Å². The van der Waals surface area contributed by atoms with Crippen LogP contribution in [0.1, 0.15) is 29.8 Å². The van der Waals surface area contributed by atoms with Crippen molar-refractivity contribution in [2.75, 3.05) is 14.2 Å². The van der Waals surface area contributed by atoms with E-state index in [4.69, 9.17) is 10.5 Å². The third kappa shape index (κ3) is 2.68. The molecule has 0 atom stereocenters. The number of hydrogen-bond acceptors (Lipinski definition) is 5. The van der Waals surface area contributed by atoms with Crippen molar-refractivity contribution < 1.29 is 19.4 Å². The van der Waals surface area contributed by atoms with E-state index in [-0.39, 0.29) is 17.1 Å². The smallest absolute Gasteiger partial charge is 0.337 e. The lowest BCUT2D eigenvalue weighted by molar-refractivity contribution is 0.0600. The second-order valence-corrected chi connectivity index (χ2v) is 4.29. The number of phenolic OH excluding ortho intramolecular Hbond substituents is 1. The van der Waals surface area contributed by atoms with E-state index in [0.717, 1.165) is 0 Å². The van der Waals surface area contributed by atoms with Crippen LogP contribution in [0, 0.1) is 0 Å². The van der Waals surface area contributed by atoms with Gasteiger partial charge in [0.25, 0.3) is 0 Å². The molecule has 0 unspecified atom stereocenters. The van der Waals surface area contributed by atoms with Crippen LogP contribution in [0.25, 0.3) is 0 Å². The van der Waals surface area contributed by atoms with Crippen molar-refractivity contribution in [2.45, 2.75) is 19.4 Å². The lowest BCUT2D eigenvalue weighted by Crippen LogP contribution is -2.29. The van der Waals surface area contributed by atoms with Gasteiger partial charge in [0.2, 0.25) is 0 Å². The highest BCUT2D eigenvalue weighted by Gasteiger charge is 2.24. The molecule has 0 aliphatic rings. The first kappa shape index (κ1) is 13.3. The van der Waals surface area contributed by atoms with E-state index >= 15 is 0 Å². The van der Waals surface area contributed by atoms with Crippen LogP contribution in [0.2, 0.25) is 0 Å². The molecule has 0 heterocycles. The molecular formula is C12H17NO4. The number of rotatable bonds is 3. The molecule has 0 aromatic heterocycles. The van der Waals surface area contributed by atoms with Gasteiger partial charge in [-0.2, -0.15) is 0 Å². The Bertz CT molecular complexity index is 435. The average Bonchev–Trinajstić information content (AvgIpc) is 2.26. The van der Waals surface area contributed by atoms with Crippen molar-refractivity contribution in [1.29, 1.82) is 0 Å². The lowest BCUT2D eigenvalue weighted by atomic mass is 9.92. The van der Waals surface area contributed by atoms with Crippen molar-refractivity contribution in [1.82, 2.24) is 0 Å². The Morgan fingerprint density at radius 1 is 1.35 bits per heavy atom. The number of hydrogen-bond donors (Lipinski definition) is 2. The number of aromatic hydroxyl groups is 1. The maximum absolute atomic E-state index is 11.5. The zero-order chi connectivity index (χ0) is 13.2. The molecule has 5 nitrogen and oxygen atoms in total. The molecule has 0 saturated carbocycles. The van der Waals surface area contributed by atoms with Crippen LogP contribution in [-0.2, 0) is 10.3 Å². The minimum absolute atomic E-state index is 0.0624. The molecule has 1 aromatic rings. The van der Waals surface area contributed by atoms with Crippen LogP contribution < -0.4 is 10.5 Å². The van der Waals surface area contributed by atoms with Crippen LogP contribution in [0.15, 0.2) is 12.1 Å². The number of nitrogens with two attached hydrogens (primary N) is 1. The third-order valence-electron chi connectivity index (χ3n) is 2.41. The molecule has 1 rings (SSSR count). The summed E-state index contributed by atoms with van der Waals surface area (Å²) in [6.07, 6.45) is 0. The van der Waals surface area contributed by atoms with Crippen LogP contribution in [0.3, 0.4) is 0 Å². The molecule has 0 spiro atoms. The number of phenols is 1. The maximum atomic E-state index is 11.5. The van der Waals surface area contributed by atoms with Gasteiger partial charge in [-0.1, -0.05) is 0 Å². The number of esters is 1. The van der Waals surface area contributed by atoms with E-state index < -0.39 is 11.5 Å². The largest absolute Gasteiger partial charge is 0.504 e. The van der Waals surface area contributed by atoms with Crippen LogP contribution in [-0.4, -0.2) is 25.3 Å². The Kier molecular flexibility index (Phi) is 3.63. The van der Waals surface area contributed by atoms with Crippen LogP contribution in [0.4, 0.5) is 0 Å². The van der Waals surface area contributed by atoms with Gasteiger partial charge in [-0.15, -0.1) is 0 Å². The second kappa shape index (κ2) is 4.63. The fourth-order valence-electron chi connectivity index (χ4n) is 1.49. The predicted octanol–water partition coefficient (Wildman–Crippen LogP) is 1.38. The summed E-state index contributed by atoms with van der Waals surface area (Å²) >= 11 is 0. The second-order valence-electron chi connectivity index (χ2n) is 4.29. The highest BCUT2D eigenvalue weighted by atomic mass is 16.5. The molecule has 0 bridgehead atoms. The summed E-state index contributed by atoms with van der Waals surface area (Å²) in [6.45, 7) is 3.45. The molecule has 17 heavy (non-hydrogen) atoms. The van der Waals surface area contributed by atoms with E-state index in [0.29, 0.717) is 5.56 Å². The topological polar surface area (TPSA) is 81.8 Å². The Labute approximate surface area is 100 Å². The minimum Gasteiger partial charge on any atom is -0.504 e. The summed E-state index contributed by atoms with van der Waals surface area (Å²) in [5.74, 6) is -0.372. The molecule has 0 aliphatic heterocycles. The molecule has 0 amide bonds. The van der Waals surface area contributed by atoms with Gasteiger partial charge in [0.15, 0.2) is 11.5 Å². The predicted molar refractivity (Wildman–Crippen MR) is 63.2 cm³/mol. The molecule has 94 valence electrons. The quantitative estimate of drug-likeness (QED) is 0.779. The summed E-state index contributed by atoms with van der Waals surface area (Å²) in [5, 5.41) is 9.95.